The summed E-state index contributed by atoms with van der Waals surface area (Å²) in [5, 5.41) is 15.2. The maximum absolute atomic E-state index is 14.9. The molecule has 2 heterocycles. The standard InChI is InChI=1S/C74H118N12O13/c1-21-46(10)61(54(97-19)40-55(87)85-38-26-30-53(85)62(98-20)48(12)63(88)78-47(11)39-49-27-23-22-24-28-49)83(17)69(94)59(43(4)5)81-66(91)60(44(6)7)84(18)71(96)99-41-50-31-33-51(34-32-50)79-64(89)52(29-25-37-77-70(76)95)80-65(90)58(42(2)3)82-86-67(92)56-57(68(86)93)74(16,45(8)9)73(15,35-36-75)72(56,13)14/h22-24,27-28,31-34,42-44,46-48,52-54,56-62,82H,8,21,25-26,29-30,35-41,75H2,1-7,9-20H3,(H,78,88)(H,79,89)(H,80,90)(H,81,91)(H3,76,77,95)/t46-,47+,48+,52-,53-,54+,56?,57?,58-,59-,60-,61-,62+,73?,74?/m0/s1. The highest BCUT2D eigenvalue weighted by Gasteiger charge is 2.75. The van der Waals surface area contributed by atoms with Crippen molar-refractivity contribution in [3.8, 4) is 0 Å². The molecule has 3 fully saturated rings. The lowest BCUT2D eigenvalue weighted by Gasteiger charge is -2.51. The summed E-state index contributed by atoms with van der Waals surface area (Å²) in [6.45, 7) is 33.3. The van der Waals surface area contributed by atoms with E-state index in [9.17, 15) is 47.9 Å². The molecule has 5 rings (SSSR count). The first-order valence-electron chi connectivity index (χ1n) is 35.3. The molecule has 99 heavy (non-hydrogen) atoms. The van der Waals surface area contributed by atoms with E-state index < -0.39 is 142 Å². The Bertz CT molecular complexity index is 3150. The zero-order valence-corrected chi connectivity index (χ0v) is 62.4. The predicted molar refractivity (Wildman–Crippen MR) is 380 cm³/mol. The quantitative estimate of drug-likeness (QED) is 0.0192. The molecule has 552 valence electrons. The summed E-state index contributed by atoms with van der Waals surface area (Å²) in [4.78, 5) is 145. The van der Waals surface area contributed by atoms with Crippen LogP contribution in [0.15, 0.2) is 66.7 Å². The molecular formula is C74H118N12O13. The normalized spacial score (nSPS) is 22.6. The predicted octanol–water partition coefficient (Wildman–Crippen LogP) is 7.07. The number of imide groups is 1. The van der Waals surface area contributed by atoms with Gasteiger partial charge in [-0.2, -0.15) is 0 Å². The van der Waals surface area contributed by atoms with Gasteiger partial charge in [0, 0.05) is 58.5 Å². The minimum absolute atomic E-state index is 0.0520. The van der Waals surface area contributed by atoms with Crippen molar-refractivity contribution in [2.75, 3.05) is 53.3 Å². The number of allylic oxidation sites excluding steroid dienone is 1. The molecule has 4 unspecified atom stereocenters. The number of nitrogens with two attached hydrogens (primary N) is 2. The molecule has 25 nitrogen and oxygen atoms in total. The van der Waals surface area contributed by atoms with Crippen molar-refractivity contribution in [3.63, 3.8) is 0 Å². The Morgan fingerprint density at radius 2 is 1.36 bits per heavy atom. The molecule has 25 heteroatoms. The van der Waals surface area contributed by atoms with Gasteiger partial charge >= 0.3 is 12.1 Å². The third-order valence-corrected chi connectivity index (χ3v) is 22.1. The lowest BCUT2D eigenvalue weighted by Crippen LogP contribution is -2.60. The molecule has 0 aromatic heterocycles. The summed E-state index contributed by atoms with van der Waals surface area (Å²) in [7, 11) is 6.18. The number of amides is 11. The number of carbonyl (C=O) groups is 10. The summed E-state index contributed by atoms with van der Waals surface area (Å²) in [5.41, 5.74) is 15.1. The fraction of sp³-hybridized carbons (Fsp3) is 0.676. The Kier molecular flexibility index (Phi) is 29.6. The highest BCUT2D eigenvalue weighted by atomic mass is 16.6. The average molecular weight is 1380 g/mol. The highest BCUT2D eigenvalue weighted by molar-refractivity contribution is 6.07. The topological polar surface area (TPSA) is 336 Å². The molecule has 0 bridgehead atoms. The second-order valence-corrected chi connectivity index (χ2v) is 29.8. The number of likely N-dealkylation sites (tertiary alicyclic amines) is 1. The van der Waals surface area contributed by atoms with E-state index in [0.29, 0.717) is 50.0 Å². The summed E-state index contributed by atoms with van der Waals surface area (Å²) in [6.07, 6.45) is 1.29. The summed E-state index contributed by atoms with van der Waals surface area (Å²) in [5.74, 6) is -7.11. The first kappa shape index (κ1) is 82.2. The second-order valence-electron chi connectivity index (χ2n) is 29.8. The van der Waals surface area contributed by atoms with E-state index in [-0.39, 0.29) is 62.2 Å². The van der Waals surface area contributed by atoms with E-state index in [1.807, 2.05) is 99.6 Å². The lowest BCUT2D eigenvalue weighted by molar-refractivity contribution is -0.151. The average Bonchev–Trinajstić information content (AvgIpc) is 1.50. The monoisotopic (exact) mass is 1380 g/mol. The SMILES string of the molecule is C=C(C)C1(C)C2C(=O)N(N[C@H](C(=O)N[C@@H](CCCNC(N)=O)C(=O)Nc3ccc(COC(=O)N(C)[C@H](C(=O)N[C@H](C(=O)N(C)[C@@H]([C@@H](C)CC)[C@@H](CC(=O)N4CCC[C@H]4[C@H](OC)[C@@H](C)C(=O)N[C@H](C)Cc4ccccc4)OC)C(C)C)C(C)C)cc3)C(C)C)C(=O)C2C(C)(C)C1(C)CCN. The summed E-state index contributed by atoms with van der Waals surface area (Å²) in [6, 6.07) is 10.0. The van der Waals surface area contributed by atoms with Gasteiger partial charge in [0.1, 0.15) is 30.8 Å². The number of carbonyl (C=O) groups excluding carboxylic acids is 10. The molecule has 2 aromatic carbocycles. The van der Waals surface area contributed by atoms with E-state index >= 15 is 0 Å². The van der Waals surface area contributed by atoms with Crippen LogP contribution in [-0.4, -0.2) is 182 Å². The lowest BCUT2D eigenvalue weighted by atomic mass is 9.53. The molecule has 10 N–H and O–H groups in total. The molecule has 2 aliphatic heterocycles. The Balaban J connectivity index is 1.22. The molecule has 1 saturated carbocycles. The second kappa shape index (κ2) is 35.7. The van der Waals surface area contributed by atoms with Crippen LogP contribution in [0, 0.1) is 57.7 Å². The highest BCUT2D eigenvalue weighted by Crippen LogP contribution is 2.73. The van der Waals surface area contributed by atoms with Crippen LogP contribution in [0.1, 0.15) is 160 Å². The van der Waals surface area contributed by atoms with Gasteiger partial charge in [-0.15, -0.1) is 0 Å². The third kappa shape index (κ3) is 18.7. The van der Waals surface area contributed by atoms with Crippen LogP contribution < -0.4 is 43.5 Å². The molecule has 0 spiro atoms. The first-order chi connectivity index (χ1) is 46.4. The van der Waals surface area contributed by atoms with Crippen LogP contribution in [0.5, 0.6) is 0 Å². The van der Waals surface area contributed by atoms with E-state index in [4.69, 9.17) is 25.7 Å². The van der Waals surface area contributed by atoms with E-state index in [0.717, 1.165) is 22.6 Å². The Hall–Kier alpha value is -7.48. The number of rotatable bonds is 36. The number of hydrogen-bond acceptors (Lipinski definition) is 15. The third-order valence-electron chi connectivity index (χ3n) is 22.1. The maximum Gasteiger partial charge on any atom is 0.410 e. The first-order valence-corrected chi connectivity index (χ1v) is 35.3. The zero-order chi connectivity index (χ0) is 74.3. The van der Waals surface area contributed by atoms with Gasteiger partial charge in [0.15, 0.2) is 0 Å². The largest absolute Gasteiger partial charge is 0.445 e. The Labute approximate surface area is 587 Å². The number of nitrogens with one attached hydrogen (secondary N) is 6. The summed E-state index contributed by atoms with van der Waals surface area (Å²) >= 11 is 0. The van der Waals surface area contributed by atoms with Gasteiger partial charge in [-0.25, -0.2) is 20.0 Å². The molecule has 15 atom stereocenters. The molecule has 2 saturated heterocycles. The van der Waals surface area contributed by atoms with Crippen LogP contribution >= 0.6 is 0 Å². The van der Waals surface area contributed by atoms with Gasteiger partial charge in [-0.1, -0.05) is 151 Å². The van der Waals surface area contributed by atoms with Crippen molar-refractivity contribution in [3.05, 3.63) is 77.9 Å². The molecule has 3 aliphatic rings. The van der Waals surface area contributed by atoms with Crippen molar-refractivity contribution in [2.24, 2.45) is 69.1 Å². The zero-order valence-electron chi connectivity index (χ0n) is 62.4. The Morgan fingerprint density at radius 3 is 1.91 bits per heavy atom. The number of anilines is 1. The number of benzene rings is 2. The number of primary amides is 1. The minimum atomic E-state index is -1.17. The van der Waals surface area contributed by atoms with Crippen molar-refractivity contribution in [2.45, 2.75) is 216 Å². The van der Waals surface area contributed by atoms with Crippen molar-refractivity contribution >= 4 is 65.1 Å². The number of urea groups is 1. The number of nitrogens with zero attached hydrogens (tertiary/aromatic N) is 4. The van der Waals surface area contributed by atoms with Crippen LogP contribution in [0.2, 0.25) is 0 Å². The number of likely N-dealkylation sites (N-methyl/N-ethyl adjacent to an activating group) is 2. The van der Waals surface area contributed by atoms with E-state index in [1.54, 1.807) is 75.9 Å². The van der Waals surface area contributed by atoms with Gasteiger partial charge in [-0.3, -0.25) is 43.3 Å². The van der Waals surface area contributed by atoms with Gasteiger partial charge in [0.25, 0.3) is 0 Å². The van der Waals surface area contributed by atoms with Crippen LogP contribution in [-0.2, 0) is 65.6 Å². The van der Waals surface area contributed by atoms with Gasteiger partial charge in [0.2, 0.25) is 47.3 Å². The van der Waals surface area contributed by atoms with Gasteiger partial charge < -0.3 is 62.1 Å². The molecular weight excluding hydrogens is 1260 g/mol. The van der Waals surface area contributed by atoms with Crippen molar-refractivity contribution in [1.29, 1.82) is 0 Å². The molecule has 2 aromatic rings. The minimum Gasteiger partial charge on any atom is -0.445 e. The van der Waals surface area contributed by atoms with E-state index in [2.05, 4.69) is 45.5 Å². The van der Waals surface area contributed by atoms with Crippen LogP contribution in [0.4, 0.5) is 15.3 Å². The van der Waals surface area contributed by atoms with Crippen molar-refractivity contribution < 1.29 is 62.2 Å². The number of methoxy groups -OCH3 is 2. The fourth-order valence-electron chi connectivity index (χ4n) is 15.6. The molecule has 1 aliphatic carbocycles. The van der Waals surface area contributed by atoms with Gasteiger partial charge in [-0.05, 0) is 117 Å². The van der Waals surface area contributed by atoms with Gasteiger partial charge in [0.05, 0.1) is 48.5 Å². The van der Waals surface area contributed by atoms with Crippen LogP contribution in [0.25, 0.3) is 0 Å². The number of fused-ring (bicyclic) bond motifs is 1. The van der Waals surface area contributed by atoms with Crippen molar-refractivity contribution in [1.82, 2.24) is 46.4 Å². The Morgan fingerprint density at radius 1 is 0.747 bits per heavy atom. The number of ether oxygens (including phenoxy) is 3. The maximum atomic E-state index is 14.9. The number of hydrogen-bond donors (Lipinski definition) is 8. The summed E-state index contributed by atoms with van der Waals surface area (Å²) < 4.78 is 17.9. The van der Waals surface area contributed by atoms with Crippen LogP contribution in [0.3, 0.4) is 0 Å². The smallest absolute Gasteiger partial charge is 0.410 e. The molecule has 0 radical (unpaired) electrons. The molecule has 11 amide bonds. The fourth-order valence-corrected chi connectivity index (χ4v) is 15.6. The number of hydrazine groups is 1. The van der Waals surface area contributed by atoms with E-state index in [1.165, 1.54) is 19.1 Å².